The van der Waals surface area contributed by atoms with Crippen LogP contribution in [0.3, 0.4) is 0 Å². The highest BCUT2D eigenvalue weighted by Crippen LogP contribution is 2.50. The second kappa shape index (κ2) is 13.3. The van der Waals surface area contributed by atoms with Crippen LogP contribution < -0.4 is 4.90 Å². The molecule has 0 bridgehead atoms. The summed E-state index contributed by atoms with van der Waals surface area (Å²) in [5.74, 6) is 0.589. The number of fused-ring (bicyclic) bond motifs is 7. The van der Waals surface area contributed by atoms with Gasteiger partial charge in [-0.2, -0.15) is 0 Å². The number of thiophene rings is 1. The van der Waals surface area contributed by atoms with Crippen LogP contribution in [0.2, 0.25) is 0 Å². The van der Waals surface area contributed by atoms with Gasteiger partial charge in [0.15, 0.2) is 0 Å². The summed E-state index contributed by atoms with van der Waals surface area (Å²) in [4.78, 5) is 2.52. The third-order valence-corrected chi connectivity index (χ3v) is 13.0. The molecule has 2 nitrogen and oxygen atoms in total. The van der Waals surface area contributed by atoms with Crippen molar-refractivity contribution < 1.29 is 4.42 Å². The number of anilines is 3. The van der Waals surface area contributed by atoms with E-state index in [1.54, 1.807) is 0 Å². The van der Waals surface area contributed by atoms with Crippen molar-refractivity contribution in [2.24, 2.45) is 0 Å². The van der Waals surface area contributed by atoms with E-state index in [-0.39, 0.29) is 0 Å². The highest BCUT2D eigenvalue weighted by atomic mass is 32.1. The first-order chi connectivity index (χ1) is 27.3. The Bertz CT molecular complexity index is 3050. The van der Waals surface area contributed by atoms with Crippen LogP contribution in [0.1, 0.15) is 43.6 Å². The Kier molecular flexibility index (Phi) is 7.81. The van der Waals surface area contributed by atoms with Crippen molar-refractivity contribution in [3.8, 4) is 22.3 Å². The van der Waals surface area contributed by atoms with Crippen molar-refractivity contribution in [2.75, 3.05) is 4.90 Å². The SMILES string of the molecule is c1cc(-c2cccc3oc4ccccc4c23)cc(N(c2ccccc2-c2cccc3cccc(C4CCCCC4)c23)c2cccc3sc4ccccc4c23)c1. The maximum atomic E-state index is 6.36. The molecule has 2 heterocycles. The minimum Gasteiger partial charge on any atom is -0.456 e. The molecule has 55 heavy (non-hydrogen) atoms. The second-order valence-electron chi connectivity index (χ2n) is 15.0. The number of hydrogen-bond donors (Lipinski definition) is 0. The molecular formula is C52H39NOS. The molecule has 0 aliphatic heterocycles. The lowest BCUT2D eigenvalue weighted by Crippen LogP contribution is -2.12. The molecule has 0 atom stereocenters. The van der Waals surface area contributed by atoms with E-state index in [1.807, 2.05) is 17.4 Å². The van der Waals surface area contributed by atoms with Crippen LogP contribution in [-0.2, 0) is 0 Å². The van der Waals surface area contributed by atoms with Gasteiger partial charge in [0.25, 0.3) is 0 Å². The van der Waals surface area contributed by atoms with Gasteiger partial charge in [-0.3, -0.25) is 0 Å². The zero-order valence-electron chi connectivity index (χ0n) is 30.5. The number of rotatable bonds is 6. The summed E-state index contributed by atoms with van der Waals surface area (Å²) in [7, 11) is 0. The summed E-state index contributed by atoms with van der Waals surface area (Å²) in [6.07, 6.45) is 6.49. The van der Waals surface area contributed by atoms with Crippen molar-refractivity contribution >= 4 is 81.3 Å². The Hall–Kier alpha value is -6.16. The van der Waals surface area contributed by atoms with Gasteiger partial charge in [0.05, 0.1) is 11.4 Å². The lowest BCUT2D eigenvalue weighted by atomic mass is 9.80. The quantitative estimate of drug-likeness (QED) is 0.170. The lowest BCUT2D eigenvalue weighted by Gasteiger charge is -2.30. The molecule has 0 N–H and O–H groups in total. The Balaban J connectivity index is 1.18. The van der Waals surface area contributed by atoms with Gasteiger partial charge in [0, 0.05) is 42.2 Å². The Morgan fingerprint density at radius 1 is 0.473 bits per heavy atom. The number of nitrogens with zero attached hydrogens (tertiary/aromatic N) is 1. The third kappa shape index (κ3) is 5.37. The molecule has 1 aliphatic rings. The minimum atomic E-state index is 0.589. The lowest BCUT2D eigenvalue weighted by molar-refractivity contribution is 0.445. The normalized spacial score (nSPS) is 13.7. The smallest absolute Gasteiger partial charge is 0.136 e. The van der Waals surface area contributed by atoms with Gasteiger partial charge in [0.2, 0.25) is 0 Å². The molecule has 0 spiro atoms. The van der Waals surface area contributed by atoms with E-state index >= 15 is 0 Å². The molecule has 0 radical (unpaired) electrons. The van der Waals surface area contributed by atoms with E-state index in [1.165, 1.54) is 96.7 Å². The molecule has 0 amide bonds. The fourth-order valence-corrected chi connectivity index (χ4v) is 10.5. The van der Waals surface area contributed by atoms with Gasteiger partial charge in [0.1, 0.15) is 11.2 Å². The number of hydrogen-bond acceptors (Lipinski definition) is 3. The highest BCUT2D eigenvalue weighted by Gasteiger charge is 2.25. The fraction of sp³-hybridized carbons (Fsp3) is 0.115. The molecule has 11 rings (SSSR count). The molecule has 1 saturated carbocycles. The summed E-state index contributed by atoms with van der Waals surface area (Å²) in [5, 5.41) is 7.58. The van der Waals surface area contributed by atoms with E-state index in [0.29, 0.717) is 5.92 Å². The van der Waals surface area contributed by atoms with E-state index in [9.17, 15) is 0 Å². The van der Waals surface area contributed by atoms with Crippen LogP contribution in [-0.4, -0.2) is 0 Å². The Labute approximate surface area is 324 Å². The molecule has 264 valence electrons. The first-order valence-electron chi connectivity index (χ1n) is 19.6. The number of benzene rings is 8. The van der Waals surface area contributed by atoms with Crippen LogP contribution in [0.25, 0.3) is 75.1 Å². The molecule has 2 aromatic heterocycles. The molecule has 8 aromatic carbocycles. The van der Waals surface area contributed by atoms with Crippen molar-refractivity contribution in [2.45, 2.75) is 38.0 Å². The summed E-state index contributed by atoms with van der Waals surface area (Å²) in [6, 6.07) is 62.5. The third-order valence-electron chi connectivity index (χ3n) is 11.9. The molecule has 10 aromatic rings. The predicted octanol–water partition coefficient (Wildman–Crippen LogP) is 16.0. The van der Waals surface area contributed by atoms with Gasteiger partial charge in [-0.1, -0.05) is 141 Å². The molecule has 1 aliphatic carbocycles. The number of furan rings is 1. The minimum absolute atomic E-state index is 0.589. The van der Waals surface area contributed by atoms with Crippen molar-refractivity contribution in [1.29, 1.82) is 0 Å². The fourth-order valence-electron chi connectivity index (χ4n) is 9.42. The largest absolute Gasteiger partial charge is 0.456 e. The summed E-state index contributed by atoms with van der Waals surface area (Å²) < 4.78 is 8.95. The summed E-state index contributed by atoms with van der Waals surface area (Å²) in [6.45, 7) is 0. The maximum Gasteiger partial charge on any atom is 0.136 e. The average Bonchev–Trinajstić information content (AvgIpc) is 3.83. The molecule has 3 heteroatoms. The van der Waals surface area contributed by atoms with Crippen LogP contribution >= 0.6 is 11.3 Å². The van der Waals surface area contributed by atoms with Gasteiger partial charge in [-0.05, 0) is 100 Å². The molecule has 1 fully saturated rings. The predicted molar refractivity (Wildman–Crippen MR) is 235 cm³/mol. The Morgan fingerprint density at radius 3 is 2.07 bits per heavy atom. The summed E-state index contributed by atoms with van der Waals surface area (Å²) >= 11 is 1.87. The second-order valence-corrected chi connectivity index (χ2v) is 16.1. The van der Waals surface area contributed by atoms with Crippen LogP contribution in [0.4, 0.5) is 17.1 Å². The standard InChI is InChI=1S/C52H39NOS/c1-2-15-34(16-3-1)38-24-11-17-35-18-12-26-41(50(35)38)40-21-4-7-27-44(40)53(45-28-14-32-49-52(45)43-23-6-9-31-48(43)55-49)37-20-10-19-36(33-37)39-25-13-30-47-51(39)42-22-5-8-29-46(42)54-47/h4-14,17-34H,1-3,15-16H2. The van der Waals surface area contributed by atoms with Crippen molar-refractivity contribution in [3.05, 3.63) is 175 Å². The zero-order valence-corrected chi connectivity index (χ0v) is 31.4. The zero-order chi connectivity index (χ0) is 36.3. The summed E-state index contributed by atoms with van der Waals surface area (Å²) in [5.41, 5.74) is 11.6. The average molecular weight is 726 g/mol. The van der Waals surface area contributed by atoms with Crippen LogP contribution in [0, 0.1) is 0 Å². The van der Waals surface area contributed by atoms with Crippen molar-refractivity contribution in [3.63, 3.8) is 0 Å². The van der Waals surface area contributed by atoms with Gasteiger partial charge >= 0.3 is 0 Å². The van der Waals surface area contributed by atoms with Crippen molar-refractivity contribution in [1.82, 2.24) is 0 Å². The molecule has 0 saturated heterocycles. The monoisotopic (exact) mass is 725 g/mol. The maximum absolute atomic E-state index is 6.36. The van der Waals surface area contributed by atoms with Crippen LogP contribution in [0.15, 0.2) is 174 Å². The molecular weight excluding hydrogens is 687 g/mol. The topological polar surface area (TPSA) is 16.4 Å². The first kappa shape index (κ1) is 32.3. The van der Waals surface area contributed by atoms with Gasteiger partial charge in [-0.25, -0.2) is 0 Å². The van der Waals surface area contributed by atoms with E-state index < -0.39 is 0 Å². The van der Waals surface area contributed by atoms with Crippen LogP contribution in [0.5, 0.6) is 0 Å². The van der Waals surface area contributed by atoms with E-state index in [2.05, 4.69) is 169 Å². The Morgan fingerprint density at radius 2 is 1.15 bits per heavy atom. The van der Waals surface area contributed by atoms with Gasteiger partial charge < -0.3 is 9.32 Å². The first-order valence-corrected chi connectivity index (χ1v) is 20.4. The molecule has 0 unspecified atom stereocenters. The van der Waals surface area contributed by atoms with E-state index in [4.69, 9.17) is 4.42 Å². The van der Waals surface area contributed by atoms with Gasteiger partial charge in [-0.15, -0.1) is 11.3 Å². The van der Waals surface area contributed by atoms with E-state index in [0.717, 1.165) is 33.2 Å². The highest BCUT2D eigenvalue weighted by molar-refractivity contribution is 7.26. The number of para-hydroxylation sites is 2.